The van der Waals surface area contributed by atoms with Crippen molar-refractivity contribution in [3.63, 3.8) is 0 Å². The molecule has 0 spiro atoms. The van der Waals surface area contributed by atoms with Gasteiger partial charge in [-0.1, -0.05) is 6.08 Å². The summed E-state index contributed by atoms with van der Waals surface area (Å²) in [6.45, 7) is 4.21. The molecule has 0 saturated heterocycles. The quantitative estimate of drug-likeness (QED) is 0.551. The van der Waals surface area contributed by atoms with Crippen LogP contribution in [0.25, 0.3) is 0 Å². The van der Waals surface area contributed by atoms with Crippen LogP contribution in [-0.2, 0) is 0 Å². The maximum Gasteiger partial charge on any atom is 0.339 e. The molecular formula is C10H12N2O2. The first-order valence-electron chi connectivity index (χ1n) is 4.28. The molecule has 0 atom stereocenters. The van der Waals surface area contributed by atoms with Crippen molar-refractivity contribution in [3.8, 4) is 0 Å². The average Bonchev–Trinajstić information content (AvgIpc) is 2.19. The Balaban J connectivity index is 2.74. The van der Waals surface area contributed by atoms with Crippen molar-refractivity contribution in [3.05, 3.63) is 36.5 Å². The van der Waals surface area contributed by atoms with Crippen LogP contribution >= 0.6 is 0 Å². The Hall–Kier alpha value is -1.84. The minimum Gasteiger partial charge on any atom is -0.478 e. The van der Waals surface area contributed by atoms with E-state index in [1.165, 1.54) is 6.07 Å². The highest BCUT2D eigenvalue weighted by Gasteiger charge is 2.08. The second-order valence-corrected chi connectivity index (χ2v) is 2.71. The minimum atomic E-state index is -0.973. The molecule has 14 heavy (non-hydrogen) atoms. The topological polar surface area (TPSA) is 62.2 Å². The summed E-state index contributed by atoms with van der Waals surface area (Å²) in [6.07, 6.45) is 4.09. The zero-order valence-electron chi connectivity index (χ0n) is 7.73. The smallest absolute Gasteiger partial charge is 0.339 e. The van der Waals surface area contributed by atoms with Crippen molar-refractivity contribution in [2.75, 3.05) is 11.9 Å². The summed E-state index contributed by atoms with van der Waals surface area (Å²) < 4.78 is 0. The van der Waals surface area contributed by atoms with Crippen LogP contribution in [0.3, 0.4) is 0 Å². The van der Waals surface area contributed by atoms with E-state index in [4.69, 9.17) is 5.11 Å². The molecule has 0 aliphatic carbocycles. The fourth-order valence-electron chi connectivity index (χ4n) is 1.01. The van der Waals surface area contributed by atoms with E-state index in [1.807, 2.05) is 0 Å². The Morgan fingerprint density at radius 3 is 3.14 bits per heavy atom. The largest absolute Gasteiger partial charge is 0.478 e. The average molecular weight is 192 g/mol. The van der Waals surface area contributed by atoms with E-state index >= 15 is 0 Å². The van der Waals surface area contributed by atoms with E-state index in [2.05, 4.69) is 16.9 Å². The van der Waals surface area contributed by atoms with Gasteiger partial charge in [-0.25, -0.2) is 9.78 Å². The SMILES string of the molecule is C=CCCNc1ncccc1C(=O)O. The summed E-state index contributed by atoms with van der Waals surface area (Å²) in [6, 6.07) is 3.12. The molecule has 1 aromatic heterocycles. The molecule has 0 bridgehead atoms. The number of aromatic carboxylic acids is 1. The van der Waals surface area contributed by atoms with Crippen molar-refractivity contribution >= 4 is 11.8 Å². The molecule has 4 heteroatoms. The van der Waals surface area contributed by atoms with Gasteiger partial charge in [0.1, 0.15) is 11.4 Å². The molecule has 1 heterocycles. The summed E-state index contributed by atoms with van der Waals surface area (Å²) in [5.74, 6) is -0.568. The molecule has 0 aromatic carbocycles. The number of aromatic nitrogens is 1. The lowest BCUT2D eigenvalue weighted by atomic mass is 10.2. The van der Waals surface area contributed by atoms with Crippen LogP contribution in [0.15, 0.2) is 31.0 Å². The number of carbonyl (C=O) groups is 1. The van der Waals surface area contributed by atoms with Crippen LogP contribution in [0.5, 0.6) is 0 Å². The number of hydrogen-bond acceptors (Lipinski definition) is 3. The molecule has 1 aromatic rings. The normalized spacial score (nSPS) is 9.43. The van der Waals surface area contributed by atoms with Gasteiger partial charge in [-0.3, -0.25) is 0 Å². The van der Waals surface area contributed by atoms with E-state index in [0.717, 1.165) is 6.42 Å². The molecule has 0 unspecified atom stereocenters. The maximum atomic E-state index is 10.8. The Morgan fingerprint density at radius 1 is 1.71 bits per heavy atom. The number of nitrogens with one attached hydrogen (secondary N) is 1. The van der Waals surface area contributed by atoms with Gasteiger partial charge in [0, 0.05) is 12.7 Å². The molecule has 0 radical (unpaired) electrons. The zero-order chi connectivity index (χ0) is 10.4. The fourth-order valence-corrected chi connectivity index (χ4v) is 1.01. The van der Waals surface area contributed by atoms with Crippen LogP contribution in [0.4, 0.5) is 5.82 Å². The van der Waals surface area contributed by atoms with Crippen LogP contribution in [-0.4, -0.2) is 22.6 Å². The highest BCUT2D eigenvalue weighted by molar-refractivity contribution is 5.92. The van der Waals surface area contributed by atoms with E-state index in [0.29, 0.717) is 12.4 Å². The molecular weight excluding hydrogens is 180 g/mol. The van der Waals surface area contributed by atoms with Crippen molar-refractivity contribution in [1.29, 1.82) is 0 Å². The monoisotopic (exact) mass is 192 g/mol. The molecule has 0 aliphatic heterocycles. The number of pyridine rings is 1. The van der Waals surface area contributed by atoms with E-state index < -0.39 is 5.97 Å². The number of anilines is 1. The fraction of sp³-hybridized carbons (Fsp3) is 0.200. The second kappa shape index (κ2) is 5.01. The van der Waals surface area contributed by atoms with Crippen molar-refractivity contribution < 1.29 is 9.90 Å². The predicted molar refractivity (Wildman–Crippen MR) is 54.5 cm³/mol. The predicted octanol–water partition coefficient (Wildman–Crippen LogP) is 1.77. The molecule has 1 rings (SSSR count). The lowest BCUT2D eigenvalue weighted by Crippen LogP contribution is -2.08. The first-order valence-corrected chi connectivity index (χ1v) is 4.28. The van der Waals surface area contributed by atoms with Crippen LogP contribution in [0.2, 0.25) is 0 Å². The molecule has 0 amide bonds. The van der Waals surface area contributed by atoms with Crippen LogP contribution < -0.4 is 5.32 Å². The zero-order valence-corrected chi connectivity index (χ0v) is 7.73. The van der Waals surface area contributed by atoms with Crippen LogP contribution in [0, 0.1) is 0 Å². The number of rotatable bonds is 5. The first-order chi connectivity index (χ1) is 6.75. The Kier molecular flexibility index (Phi) is 3.67. The van der Waals surface area contributed by atoms with Gasteiger partial charge in [-0.15, -0.1) is 6.58 Å². The minimum absolute atomic E-state index is 0.191. The second-order valence-electron chi connectivity index (χ2n) is 2.71. The maximum absolute atomic E-state index is 10.8. The van der Waals surface area contributed by atoms with Crippen LogP contribution in [0.1, 0.15) is 16.8 Å². The summed E-state index contributed by atoms with van der Waals surface area (Å²) in [5.41, 5.74) is 0.191. The van der Waals surface area contributed by atoms with E-state index in [-0.39, 0.29) is 5.56 Å². The van der Waals surface area contributed by atoms with Gasteiger partial charge in [0.05, 0.1) is 0 Å². The van der Waals surface area contributed by atoms with Gasteiger partial charge >= 0.3 is 5.97 Å². The summed E-state index contributed by atoms with van der Waals surface area (Å²) in [7, 11) is 0. The number of carboxylic acid groups (broad SMARTS) is 1. The molecule has 74 valence electrons. The number of nitrogens with zero attached hydrogens (tertiary/aromatic N) is 1. The summed E-state index contributed by atoms with van der Waals surface area (Å²) in [5, 5.41) is 11.8. The van der Waals surface area contributed by atoms with E-state index in [9.17, 15) is 4.79 Å². The molecule has 0 aliphatic rings. The third kappa shape index (κ3) is 2.58. The third-order valence-electron chi connectivity index (χ3n) is 1.68. The summed E-state index contributed by atoms with van der Waals surface area (Å²) >= 11 is 0. The lowest BCUT2D eigenvalue weighted by molar-refractivity contribution is 0.0697. The van der Waals surface area contributed by atoms with Gasteiger partial charge in [0.2, 0.25) is 0 Å². The van der Waals surface area contributed by atoms with Gasteiger partial charge in [-0.2, -0.15) is 0 Å². The van der Waals surface area contributed by atoms with Crippen molar-refractivity contribution in [1.82, 2.24) is 4.98 Å². The molecule has 4 nitrogen and oxygen atoms in total. The van der Waals surface area contributed by atoms with Gasteiger partial charge < -0.3 is 10.4 Å². The van der Waals surface area contributed by atoms with Gasteiger partial charge in [-0.05, 0) is 18.6 Å². The number of carboxylic acids is 1. The van der Waals surface area contributed by atoms with Crippen molar-refractivity contribution in [2.45, 2.75) is 6.42 Å². The third-order valence-corrected chi connectivity index (χ3v) is 1.68. The molecule has 2 N–H and O–H groups in total. The Bertz CT molecular complexity index is 337. The van der Waals surface area contributed by atoms with Gasteiger partial charge in [0.15, 0.2) is 0 Å². The Labute approximate surface area is 82.3 Å². The lowest BCUT2D eigenvalue weighted by Gasteiger charge is -2.06. The standard InChI is InChI=1S/C10H12N2O2/c1-2-3-6-11-9-8(10(13)14)5-4-7-12-9/h2,4-5,7H,1,3,6H2,(H,11,12)(H,13,14). The van der Waals surface area contributed by atoms with Gasteiger partial charge in [0.25, 0.3) is 0 Å². The first kappa shape index (κ1) is 10.2. The highest BCUT2D eigenvalue weighted by atomic mass is 16.4. The summed E-state index contributed by atoms with van der Waals surface area (Å²) in [4.78, 5) is 14.7. The molecule has 0 saturated carbocycles. The number of hydrogen-bond donors (Lipinski definition) is 2. The molecule has 0 fully saturated rings. The highest BCUT2D eigenvalue weighted by Crippen LogP contribution is 2.10. The van der Waals surface area contributed by atoms with E-state index in [1.54, 1.807) is 18.3 Å². The Morgan fingerprint density at radius 2 is 2.50 bits per heavy atom. The van der Waals surface area contributed by atoms with Crippen molar-refractivity contribution in [2.24, 2.45) is 0 Å².